The third kappa shape index (κ3) is 41.3. The van der Waals surface area contributed by atoms with E-state index in [0.29, 0.717) is 32.1 Å². The Labute approximate surface area is 361 Å². The molecule has 0 bridgehead atoms. The Balaban J connectivity index is 4.55. The predicted octanol–water partition coefficient (Wildman–Crippen LogP) is 10.7. The SMILES string of the molecule is CC/C=C\CC(O)/C=C/C=C/C/C=C\C/C=C\C/C=C\CCC(=O)OC[C@H](COP(=O)(O)OC[C@@H](O)CO)OC(=O)CCC/C=C\C/C=C\C/C=C\CCCCCCCC. The van der Waals surface area contributed by atoms with Crippen LogP contribution in [-0.2, 0) is 32.7 Å². The van der Waals surface area contributed by atoms with Crippen LogP contribution in [0.25, 0.3) is 0 Å². The first-order valence-electron chi connectivity index (χ1n) is 22.0. The number of esters is 2. The van der Waals surface area contributed by atoms with Crippen molar-refractivity contribution in [2.24, 2.45) is 0 Å². The summed E-state index contributed by atoms with van der Waals surface area (Å²) in [4.78, 5) is 34.9. The Bertz CT molecular complexity index is 1380. The van der Waals surface area contributed by atoms with Crippen LogP contribution in [0.1, 0.15) is 136 Å². The van der Waals surface area contributed by atoms with Gasteiger partial charge in [-0.05, 0) is 77.0 Å². The van der Waals surface area contributed by atoms with Crippen LogP contribution < -0.4 is 0 Å². The molecule has 0 aliphatic heterocycles. The molecule has 0 aromatic heterocycles. The molecule has 0 aliphatic carbocycles. The van der Waals surface area contributed by atoms with Gasteiger partial charge in [-0.25, -0.2) is 4.57 Å². The highest BCUT2D eigenvalue weighted by Crippen LogP contribution is 2.43. The molecule has 0 radical (unpaired) electrons. The lowest BCUT2D eigenvalue weighted by Crippen LogP contribution is -2.29. The standard InChI is InChI=1S/C48H77O11P/c1-3-5-7-8-9-10-11-12-13-14-15-18-22-25-28-31-35-39-48(53)59-46(43-58-60(54,55)57-41-45(51)40-49)42-56-47(52)38-34-30-27-24-21-19-16-17-20-23-26-29-33-37-44(50)36-32-6-4-2/h6,12-13,15,17-21,25-30,32-33,37,44-46,49-51H,3-5,7-11,14,16,22-24,31,34-36,38-43H2,1-2H3,(H,54,55)/b13-12-,18-15-,20-17-,21-19-,28-25-,29-26+,30-27-,32-6-,37-33+/t44?,45-,46+/m0/s1. The first kappa shape index (κ1) is 56.6. The molecule has 11 nitrogen and oxygen atoms in total. The van der Waals surface area contributed by atoms with Crippen molar-refractivity contribution < 1.29 is 52.9 Å². The number of carbonyl (C=O) groups is 2. The summed E-state index contributed by atoms with van der Waals surface area (Å²) < 4.78 is 32.5. The minimum atomic E-state index is -4.66. The van der Waals surface area contributed by atoms with Gasteiger partial charge in [-0.1, -0.05) is 155 Å². The number of hydrogen-bond donors (Lipinski definition) is 4. The Morgan fingerprint density at radius 2 is 1.13 bits per heavy atom. The highest BCUT2D eigenvalue weighted by molar-refractivity contribution is 7.47. The van der Waals surface area contributed by atoms with Gasteiger partial charge in [-0.2, -0.15) is 0 Å². The van der Waals surface area contributed by atoms with E-state index in [2.05, 4.69) is 60.9 Å². The van der Waals surface area contributed by atoms with Gasteiger partial charge >= 0.3 is 19.8 Å². The summed E-state index contributed by atoms with van der Waals surface area (Å²) in [5.41, 5.74) is 0. The second-order valence-electron chi connectivity index (χ2n) is 14.2. The third-order valence-corrected chi connectivity index (χ3v) is 9.46. The molecule has 0 saturated heterocycles. The molecule has 0 amide bonds. The van der Waals surface area contributed by atoms with Crippen LogP contribution in [-0.4, -0.2) is 76.9 Å². The van der Waals surface area contributed by atoms with Gasteiger partial charge in [0.1, 0.15) is 12.7 Å². The van der Waals surface area contributed by atoms with Crippen LogP contribution >= 0.6 is 7.82 Å². The van der Waals surface area contributed by atoms with E-state index >= 15 is 0 Å². The van der Waals surface area contributed by atoms with Gasteiger partial charge in [-0.3, -0.25) is 18.6 Å². The van der Waals surface area contributed by atoms with E-state index in [0.717, 1.165) is 38.5 Å². The zero-order valence-electron chi connectivity index (χ0n) is 36.5. The number of carbonyl (C=O) groups excluding carboxylic acids is 2. The van der Waals surface area contributed by atoms with E-state index in [1.54, 1.807) is 6.08 Å². The normalized spacial score (nSPS) is 15.4. The van der Waals surface area contributed by atoms with Crippen LogP contribution in [0.15, 0.2) is 109 Å². The summed E-state index contributed by atoms with van der Waals surface area (Å²) in [5, 5.41) is 28.2. The Morgan fingerprint density at radius 3 is 1.75 bits per heavy atom. The summed E-state index contributed by atoms with van der Waals surface area (Å²) in [7, 11) is -4.66. The zero-order chi connectivity index (χ0) is 44.2. The number of allylic oxidation sites excluding steroid dienone is 16. The molecule has 340 valence electrons. The van der Waals surface area contributed by atoms with Crippen LogP contribution in [0.2, 0.25) is 0 Å². The topological polar surface area (TPSA) is 169 Å². The van der Waals surface area contributed by atoms with Gasteiger partial charge in [0, 0.05) is 12.8 Å². The molecule has 0 saturated carbocycles. The molecule has 2 unspecified atom stereocenters. The quantitative estimate of drug-likeness (QED) is 0.0153. The van der Waals surface area contributed by atoms with Crippen molar-refractivity contribution in [1.29, 1.82) is 0 Å². The van der Waals surface area contributed by atoms with Crippen molar-refractivity contribution in [3.63, 3.8) is 0 Å². The molecule has 0 heterocycles. The van der Waals surface area contributed by atoms with E-state index in [4.69, 9.17) is 19.1 Å². The lowest BCUT2D eigenvalue weighted by Gasteiger charge is -2.20. The van der Waals surface area contributed by atoms with Crippen LogP contribution in [0.5, 0.6) is 0 Å². The molecular formula is C48H77O11P. The molecular weight excluding hydrogens is 783 g/mol. The Hall–Kier alpha value is -3.41. The first-order valence-corrected chi connectivity index (χ1v) is 23.4. The first-order chi connectivity index (χ1) is 29.1. The van der Waals surface area contributed by atoms with Crippen molar-refractivity contribution in [1.82, 2.24) is 0 Å². The molecule has 0 aromatic rings. The predicted molar refractivity (Wildman–Crippen MR) is 243 cm³/mol. The lowest BCUT2D eigenvalue weighted by molar-refractivity contribution is -0.161. The maximum Gasteiger partial charge on any atom is 0.472 e. The van der Waals surface area contributed by atoms with Crippen molar-refractivity contribution in [3.8, 4) is 0 Å². The number of ether oxygens (including phenoxy) is 2. The summed E-state index contributed by atoms with van der Waals surface area (Å²) in [6, 6.07) is 0. The molecule has 60 heavy (non-hydrogen) atoms. The van der Waals surface area contributed by atoms with Crippen molar-refractivity contribution in [2.45, 2.75) is 154 Å². The van der Waals surface area contributed by atoms with Gasteiger partial charge in [0.15, 0.2) is 6.10 Å². The number of rotatable bonds is 39. The van der Waals surface area contributed by atoms with Crippen molar-refractivity contribution in [3.05, 3.63) is 109 Å². The second kappa shape index (κ2) is 42.3. The molecule has 0 rings (SSSR count). The number of unbranched alkanes of at least 4 members (excludes halogenated alkanes) is 7. The number of hydrogen-bond acceptors (Lipinski definition) is 10. The summed E-state index contributed by atoms with van der Waals surface area (Å²) in [6.07, 6.45) is 49.8. The zero-order valence-corrected chi connectivity index (χ0v) is 37.4. The maximum absolute atomic E-state index is 12.6. The van der Waals surface area contributed by atoms with Gasteiger partial charge in [-0.15, -0.1) is 0 Å². The summed E-state index contributed by atoms with van der Waals surface area (Å²) >= 11 is 0. The van der Waals surface area contributed by atoms with Gasteiger partial charge in [0.2, 0.25) is 0 Å². The second-order valence-corrected chi connectivity index (χ2v) is 15.6. The fourth-order valence-electron chi connectivity index (χ4n) is 5.12. The van der Waals surface area contributed by atoms with Gasteiger partial charge < -0.3 is 29.7 Å². The van der Waals surface area contributed by atoms with E-state index < -0.39 is 64.5 Å². The van der Waals surface area contributed by atoms with E-state index in [9.17, 15) is 29.3 Å². The summed E-state index contributed by atoms with van der Waals surface area (Å²) in [6.45, 7) is 1.98. The minimum Gasteiger partial charge on any atom is -0.462 e. The van der Waals surface area contributed by atoms with E-state index in [1.165, 1.54) is 38.5 Å². The Morgan fingerprint density at radius 1 is 0.583 bits per heavy atom. The van der Waals surface area contributed by atoms with Gasteiger partial charge in [0.05, 0.1) is 25.9 Å². The molecule has 0 aromatic carbocycles. The van der Waals surface area contributed by atoms with Crippen LogP contribution in [0, 0.1) is 0 Å². The molecule has 0 aliphatic rings. The number of aliphatic hydroxyl groups is 3. The van der Waals surface area contributed by atoms with E-state index in [-0.39, 0.29) is 12.8 Å². The van der Waals surface area contributed by atoms with Crippen LogP contribution in [0.4, 0.5) is 0 Å². The van der Waals surface area contributed by atoms with Crippen LogP contribution in [0.3, 0.4) is 0 Å². The molecule has 4 N–H and O–H groups in total. The monoisotopic (exact) mass is 861 g/mol. The number of aliphatic hydroxyl groups excluding tert-OH is 3. The smallest absolute Gasteiger partial charge is 0.462 e. The largest absolute Gasteiger partial charge is 0.472 e. The average Bonchev–Trinajstić information content (AvgIpc) is 3.23. The summed E-state index contributed by atoms with van der Waals surface area (Å²) in [5.74, 6) is -1.12. The Kier molecular flexibility index (Phi) is 39.9. The minimum absolute atomic E-state index is 0.0823. The number of phosphoric ester groups is 1. The van der Waals surface area contributed by atoms with Crippen molar-refractivity contribution >= 4 is 19.8 Å². The molecule has 0 spiro atoms. The molecule has 4 atom stereocenters. The number of phosphoric acid groups is 1. The average molecular weight is 861 g/mol. The van der Waals surface area contributed by atoms with E-state index in [1.807, 2.05) is 60.8 Å². The third-order valence-electron chi connectivity index (χ3n) is 8.51. The fourth-order valence-corrected chi connectivity index (χ4v) is 5.91. The highest BCUT2D eigenvalue weighted by Gasteiger charge is 2.27. The van der Waals surface area contributed by atoms with Crippen molar-refractivity contribution in [2.75, 3.05) is 26.4 Å². The highest BCUT2D eigenvalue weighted by atomic mass is 31.2. The maximum atomic E-state index is 12.6. The fraction of sp³-hybridized carbons (Fsp3) is 0.583. The van der Waals surface area contributed by atoms with Gasteiger partial charge in [0.25, 0.3) is 0 Å². The molecule has 12 heteroatoms. The molecule has 0 fully saturated rings. The lowest BCUT2D eigenvalue weighted by atomic mass is 10.1.